The van der Waals surface area contributed by atoms with Gasteiger partial charge in [0.15, 0.2) is 0 Å². The molecule has 2 aliphatic rings. The van der Waals surface area contributed by atoms with Gasteiger partial charge in [0.25, 0.3) is 0 Å². The highest BCUT2D eigenvalue weighted by atomic mass is 35.5. The largest absolute Gasteiger partial charge is 0.490 e. The van der Waals surface area contributed by atoms with E-state index in [2.05, 4.69) is 19.1 Å². The summed E-state index contributed by atoms with van der Waals surface area (Å²) in [6.45, 7) is 2.94. The van der Waals surface area contributed by atoms with E-state index in [1.54, 1.807) is 0 Å². The molecule has 3 atom stereocenters. The average Bonchev–Trinajstić information content (AvgIpc) is 2.94. The summed E-state index contributed by atoms with van der Waals surface area (Å²) in [7, 11) is 0. The lowest BCUT2D eigenvalue weighted by molar-refractivity contribution is 0.107. The Labute approximate surface area is 107 Å². The smallest absolute Gasteiger partial charge is 0.123 e. The van der Waals surface area contributed by atoms with Crippen LogP contribution in [0.25, 0.3) is 0 Å². The summed E-state index contributed by atoms with van der Waals surface area (Å²) in [6.07, 6.45) is 3.64. The van der Waals surface area contributed by atoms with Crippen LogP contribution < -0.4 is 4.74 Å². The molecule has 0 saturated carbocycles. The zero-order valence-corrected chi connectivity index (χ0v) is 10.7. The molecule has 2 nitrogen and oxygen atoms in total. The van der Waals surface area contributed by atoms with Crippen molar-refractivity contribution in [2.24, 2.45) is 0 Å². The lowest BCUT2D eigenvalue weighted by Crippen LogP contribution is -2.12. The minimum absolute atomic E-state index is 0.0290. The van der Waals surface area contributed by atoms with E-state index in [4.69, 9.17) is 21.1 Å². The van der Waals surface area contributed by atoms with E-state index in [1.165, 1.54) is 5.56 Å². The molecule has 0 amide bonds. The number of hydrogen-bond donors (Lipinski definition) is 0. The van der Waals surface area contributed by atoms with Gasteiger partial charge in [0.05, 0.1) is 11.5 Å². The Morgan fingerprint density at radius 2 is 2.29 bits per heavy atom. The van der Waals surface area contributed by atoms with Crippen molar-refractivity contribution in [3.05, 3.63) is 29.3 Å². The number of hydrogen-bond acceptors (Lipinski definition) is 2. The lowest BCUT2D eigenvalue weighted by Gasteiger charge is -2.17. The number of benzene rings is 1. The SMILES string of the molecule is CC1Cc2cc(C(Cl)C3CCCO3)ccc2O1. The van der Waals surface area contributed by atoms with Crippen LogP contribution in [0.2, 0.25) is 0 Å². The van der Waals surface area contributed by atoms with Crippen molar-refractivity contribution in [2.45, 2.75) is 43.8 Å². The molecule has 92 valence electrons. The Bertz CT molecular complexity index is 413. The van der Waals surface area contributed by atoms with Gasteiger partial charge in [0.1, 0.15) is 11.9 Å². The standard InChI is InChI=1S/C14H17ClO2/c1-9-7-11-8-10(4-5-12(11)17-9)14(15)13-3-2-6-16-13/h4-5,8-9,13-14H,2-3,6-7H2,1H3. The van der Waals surface area contributed by atoms with Crippen LogP contribution >= 0.6 is 11.6 Å². The van der Waals surface area contributed by atoms with Gasteiger partial charge in [-0.3, -0.25) is 0 Å². The summed E-state index contributed by atoms with van der Waals surface area (Å²) in [6, 6.07) is 6.28. The number of fused-ring (bicyclic) bond motifs is 1. The quantitative estimate of drug-likeness (QED) is 0.751. The molecule has 1 fully saturated rings. The first-order valence-corrected chi connectivity index (χ1v) is 6.73. The van der Waals surface area contributed by atoms with Crippen LogP contribution in [0.5, 0.6) is 5.75 Å². The maximum atomic E-state index is 6.48. The van der Waals surface area contributed by atoms with Crippen LogP contribution in [-0.4, -0.2) is 18.8 Å². The van der Waals surface area contributed by atoms with Crippen molar-refractivity contribution in [1.29, 1.82) is 0 Å². The number of alkyl halides is 1. The number of halogens is 1. The van der Waals surface area contributed by atoms with E-state index in [0.29, 0.717) is 0 Å². The van der Waals surface area contributed by atoms with Gasteiger partial charge < -0.3 is 9.47 Å². The molecule has 0 aromatic heterocycles. The monoisotopic (exact) mass is 252 g/mol. The molecule has 1 aromatic carbocycles. The Morgan fingerprint density at radius 3 is 3.06 bits per heavy atom. The molecular weight excluding hydrogens is 236 g/mol. The van der Waals surface area contributed by atoms with Crippen molar-refractivity contribution < 1.29 is 9.47 Å². The zero-order chi connectivity index (χ0) is 11.8. The summed E-state index contributed by atoms with van der Waals surface area (Å²) in [5.74, 6) is 1.01. The molecule has 0 aliphatic carbocycles. The number of ether oxygens (including phenoxy) is 2. The van der Waals surface area contributed by atoms with Crippen LogP contribution in [0, 0.1) is 0 Å². The van der Waals surface area contributed by atoms with Crippen LogP contribution in [0.4, 0.5) is 0 Å². The highest BCUT2D eigenvalue weighted by Gasteiger charge is 2.27. The fourth-order valence-electron chi connectivity index (χ4n) is 2.66. The van der Waals surface area contributed by atoms with Gasteiger partial charge in [-0.15, -0.1) is 11.6 Å². The van der Waals surface area contributed by atoms with Crippen molar-refractivity contribution in [1.82, 2.24) is 0 Å². The van der Waals surface area contributed by atoms with E-state index < -0.39 is 0 Å². The van der Waals surface area contributed by atoms with Crippen LogP contribution in [-0.2, 0) is 11.2 Å². The van der Waals surface area contributed by atoms with Gasteiger partial charge >= 0.3 is 0 Å². The van der Waals surface area contributed by atoms with Gasteiger partial charge in [-0.2, -0.15) is 0 Å². The van der Waals surface area contributed by atoms with Gasteiger partial charge in [0.2, 0.25) is 0 Å². The fourth-order valence-corrected chi connectivity index (χ4v) is 3.00. The number of rotatable bonds is 2. The summed E-state index contributed by atoms with van der Waals surface area (Å²) >= 11 is 6.48. The van der Waals surface area contributed by atoms with E-state index in [-0.39, 0.29) is 17.6 Å². The molecule has 17 heavy (non-hydrogen) atoms. The van der Waals surface area contributed by atoms with Crippen molar-refractivity contribution in [3.63, 3.8) is 0 Å². The lowest BCUT2D eigenvalue weighted by atomic mass is 10.0. The minimum atomic E-state index is -0.0290. The molecular formula is C14H17ClO2. The third-order valence-corrected chi connectivity index (χ3v) is 4.06. The predicted molar refractivity (Wildman–Crippen MR) is 67.8 cm³/mol. The van der Waals surface area contributed by atoms with E-state index >= 15 is 0 Å². The van der Waals surface area contributed by atoms with Crippen molar-refractivity contribution >= 4 is 11.6 Å². The topological polar surface area (TPSA) is 18.5 Å². The molecule has 3 unspecified atom stereocenters. The molecule has 2 heterocycles. The fraction of sp³-hybridized carbons (Fsp3) is 0.571. The Morgan fingerprint density at radius 1 is 1.41 bits per heavy atom. The molecule has 0 spiro atoms. The highest BCUT2D eigenvalue weighted by molar-refractivity contribution is 6.21. The van der Waals surface area contributed by atoms with Gasteiger partial charge in [-0.1, -0.05) is 12.1 Å². The molecule has 3 heteroatoms. The van der Waals surface area contributed by atoms with E-state index in [9.17, 15) is 0 Å². The van der Waals surface area contributed by atoms with Gasteiger partial charge in [-0.05, 0) is 37.0 Å². The zero-order valence-electron chi connectivity index (χ0n) is 9.99. The summed E-state index contributed by atoms with van der Waals surface area (Å²) in [5, 5.41) is -0.0290. The Kier molecular flexibility index (Phi) is 3.01. The molecule has 1 saturated heterocycles. The average molecular weight is 253 g/mol. The molecule has 3 rings (SSSR count). The molecule has 0 bridgehead atoms. The second-order valence-corrected chi connectivity index (χ2v) is 5.42. The molecule has 0 N–H and O–H groups in total. The second-order valence-electron chi connectivity index (χ2n) is 4.95. The first-order chi connectivity index (χ1) is 8.24. The van der Waals surface area contributed by atoms with Crippen LogP contribution in [0.15, 0.2) is 18.2 Å². The summed E-state index contributed by atoms with van der Waals surface area (Å²) in [4.78, 5) is 0. The maximum absolute atomic E-state index is 6.48. The Hall–Kier alpha value is -0.730. The van der Waals surface area contributed by atoms with Gasteiger partial charge in [-0.25, -0.2) is 0 Å². The minimum Gasteiger partial charge on any atom is -0.490 e. The third-order valence-electron chi connectivity index (χ3n) is 3.53. The van der Waals surface area contributed by atoms with Crippen molar-refractivity contribution in [3.8, 4) is 5.75 Å². The van der Waals surface area contributed by atoms with Crippen LogP contribution in [0.3, 0.4) is 0 Å². The molecule has 0 radical (unpaired) electrons. The first-order valence-electron chi connectivity index (χ1n) is 6.29. The predicted octanol–water partition coefficient (Wildman–Crippen LogP) is 3.47. The first kappa shape index (κ1) is 11.4. The normalized spacial score (nSPS) is 28.8. The van der Waals surface area contributed by atoms with Crippen LogP contribution in [0.1, 0.15) is 36.3 Å². The molecule has 1 aromatic rings. The van der Waals surface area contributed by atoms with E-state index in [0.717, 1.165) is 37.2 Å². The Balaban J connectivity index is 1.82. The van der Waals surface area contributed by atoms with Crippen molar-refractivity contribution in [2.75, 3.05) is 6.61 Å². The van der Waals surface area contributed by atoms with E-state index in [1.807, 2.05) is 6.07 Å². The third kappa shape index (κ3) is 2.16. The maximum Gasteiger partial charge on any atom is 0.123 e. The molecule has 2 aliphatic heterocycles. The summed E-state index contributed by atoms with van der Waals surface area (Å²) < 4.78 is 11.3. The summed E-state index contributed by atoms with van der Waals surface area (Å²) in [5.41, 5.74) is 2.44. The highest BCUT2D eigenvalue weighted by Crippen LogP contribution is 2.36. The second kappa shape index (κ2) is 4.51. The van der Waals surface area contributed by atoms with Gasteiger partial charge in [0, 0.05) is 13.0 Å².